The highest BCUT2D eigenvalue weighted by molar-refractivity contribution is 5.30. The summed E-state index contributed by atoms with van der Waals surface area (Å²) >= 11 is 0. The van der Waals surface area contributed by atoms with Gasteiger partial charge in [0.1, 0.15) is 0 Å². The van der Waals surface area contributed by atoms with E-state index in [1.54, 1.807) is 4.68 Å². The standard InChI is InChI=1S/C15H23N7O2/c1-15(23-8-9-24-15)12-4-3-6-21(10-12)14-16-18-19-22(14)11-13-5-7-20(2)17-13/h5,7,12H,3-4,6,8-11H2,1-2H3. The lowest BCUT2D eigenvalue weighted by Gasteiger charge is -2.39. The molecule has 2 aliphatic rings. The second-order valence-electron chi connectivity index (χ2n) is 6.62. The number of rotatable bonds is 4. The summed E-state index contributed by atoms with van der Waals surface area (Å²) in [4.78, 5) is 2.23. The van der Waals surface area contributed by atoms with Gasteiger partial charge in [-0.2, -0.15) is 5.10 Å². The van der Waals surface area contributed by atoms with E-state index in [-0.39, 0.29) is 0 Å². The monoisotopic (exact) mass is 333 g/mol. The van der Waals surface area contributed by atoms with Crippen LogP contribution < -0.4 is 4.90 Å². The number of piperidine rings is 1. The zero-order valence-corrected chi connectivity index (χ0v) is 14.1. The third-order valence-electron chi connectivity index (χ3n) is 4.90. The lowest BCUT2D eigenvalue weighted by molar-refractivity contribution is -0.182. The van der Waals surface area contributed by atoms with Crippen LogP contribution in [0.2, 0.25) is 0 Å². The summed E-state index contributed by atoms with van der Waals surface area (Å²) in [6, 6.07) is 1.98. The molecule has 2 aliphatic heterocycles. The van der Waals surface area contributed by atoms with Gasteiger partial charge in [-0.05, 0) is 36.3 Å². The van der Waals surface area contributed by atoms with Gasteiger partial charge in [-0.15, -0.1) is 0 Å². The molecule has 0 radical (unpaired) electrons. The molecule has 0 spiro atoms. The highest BCUT2D eigenvalue weighted by atomic mass is 16.7. The molecule has 2 fully saturated rings. The Morgan fingerprint density at radius 1 is 1.33 bits per heavy atom. The third-order valence-corrected chi connectivity index (χ3v) is 4.90. The molecule has 2 aromatic rings. The van der Waals surface area contributed by atoms with Gasteiger partial charge in [0, 0.05) is 32.3 Å². The van der Waals surface area contributed by atoms with Crippen LogP contribution in [-0.4, -0.2) is 62.1 Å². The minimum Gasteiger partial charge on any atom is -0.347 e. The molecular formula is C15H23N7O2. The Morgan fingerprint density at radius 3 is 2.92 bits per heavy atom. The first-order valence-electron chi connectivity index (χ1n) is 8.41. The largest absolute Gasteiger partial charge is 0.347 e. The van der Waals surface area contributed by atoms with Crippen molar-refractivity contribution >= 4 is 5.95 Å². The highest BCUT2D eigenvalue weighted by Gasteiger charge is 2.42. The number of nitrogens with zero attached hydrogens (tertiary/aromatic N) is 7. The number of aromatic nitrogens is 6. The number of ether oxygens (including phenoxy) is 2. The van der Waals surface area contributed by atoms with E-state index in [9.17, 15) is 0 Å². The fraction of sp³-hybridized carbons (Fsp3) is 0.733. The predicted molar refractivity (Wildman–Crippen MR) is 85.4 cm³/mol. The van der Waals surface area contributed by atoms with Crippen LogP contribution in [0.3, 0.4) is 0 Å². The zero-order chi connectivity index (χ0) is 16.6. The van der Waals surface area contributed by atoms with Crippen molar-refractivity contribution in [1.82, 2.24) is 30.0 Å². The van der Waals surface area contributed by atoms with Crippen LogP contribution in [0.1, 0.15) is 25.5 Å². The second-order valence-corrected chi connectivity index (χ2v) is 6.62. The van der Waals surface area contributed by atoms with Crippen molar-refractivity contribution in [1.29, 1.82) is 0 Å². The zero-order valence-electron chi connectivity index (χ0n) is 14.1. The molecule has 0 aromatic carbocycles. The summed E-state index contributed by atoms with van der Waals surface area (Å²) in [7, 11) is 1.90. The Hall–Kier alpha value is -2.00. The normalized spacial score (nSPS) is 23.8. The van der Waals surface area contributed by atoms with E-state index in [1.807, 2.05) is 30.9 Å². The maximum Gasteiger partial charge on any atom is 0.245 e. The van der Waals surface area contributed by atoms with E-state index in [4.69, 9.17) is 9.47 Å². The summed E-state index contributed by atoms with van der Waals surface area (Å²) < 4.78 is 15.3. The van der Waals surface area contributed by atoms with Crippen LogP contribution in [-0.2, 0) is 23.1 Å². The Balaban J connectivity index is 1.50. The second kappa shape index (κ2) is 6.14. The summed E-state index contributed by atoms with van der Waals surface area (Å²) in [5.41, 5.74) is 0.939. The van der Waals surface area contributed by atoms with E-state index >= 15 is 0 Å². The topological polar surface area (TPSA) is 83.1 Å². The molecular weight excluding hydrogens is 310 g/mol. The van der Waals surface area contributed by atoms with Crippen LogP contribution >= 0.6 is 0 Å². The van der Waals surface area contributed by atoms with Crippen molar-refractivity contribution in [2.75, 3.05) is 31.2 Å². The lowest BCUT2D eigenvalue weighted by Crippen LogP contribution is -2.47. The molecule has 0 aliphatic carbocycles. The van der Waals surface area contributed by atoms with Crippen molar-refractivity contribution in [2.45, 2.75) is 32.1 Å². The highest BCUT2D eigenvalue weighted by Crippen LogP contribution is 2.35. The molecule has 9 nitrogen and oxygen atoms in total. The van der Waals surface area contributed by atoms with Gasteiger partial charge in [-0.25, -0.2) is 4.68 Å². The Bertz CT molecular complexity index is 692. The van der Waals surface area contributed by atoms with Crippen molar-refractivity contribution < 1.29 is 9.47 Å². The van der Waals surface area contributed by atoms with Crippen LogP contribution in [0.15, 0.2) is 12.3 Å². The SMILES string of the molecule is Cn1ccc(Cn2nnnc2N2CCCC(C3(C)OCCO3)C2)n1. The number of tetrazole rings is 1. The first kappa shape index (κ1) is 15.5. The van der Waals surface area contributed by atoms with E-state index in [0.717, 1.165) is 37.6 Å². The molecule has 2 aromatic heterocycles. The van der Waals surface area contributed by atoms with E-state index in [2.05, 4.69) is 25.5 Å². The molecule has 0 amide bonds. The molecule has 0 saturated carbocycles. The van der Waals surface area contributed by atoms with Gasteiger partial charge in [0.25, 0.3) is 0 Å². The number of aryl methyl sites for hydroxylation is 1. The lowest BCUT2D eigenvalue weighted by atomic mass is 9.90. The fourth-order valence-electron chi connectivity index (χ4n) is 3.58. The maximum absolute atomic E-state index is 5.85. The first-order chi connectivity index (χ1) is 11.6. The van der Waals surface area contributed by atoms with Gasteiger partial charge >= 0.3 is 0 Å². The Morgan fingerprint density at radius 2 is 2.17 bits per heavy atom. The van der Waals surface area contributed by atoms with Gasteiger partial charge in [0.2, 0.25) is 5.95 Å². The van der Waals surface area contributed by atoms with Crippen LogP contribution in [0.5, 0.6) is 0 Å². The predicted octanol–water partition coefficient (Wildman–Crippen LogP) is 0.434. The Labute approximate surface area is 140 Å². The average Bonchev–Trinajstić information content (AvgIpc) is 3.31. The number of hydrogen-bond donors (Lipinski definition) is 0. The molecule has 4 rings (SSSR count). The molecule has 0 N–H and O–H groups in total. The first-order valence-corrected chi connectivity index (χ1v) is 8.41. The summed E-state index contributed by atoms with van der Waals surface area (Å²) in [6.07, 6.45) is 4.09. The Kier molecular flexibility index (Phi) is 3.97. The van der Waals surface area contributed by atoms with Crippen molar-refractivity contribution in [2.24, 2.45) is 13.0 Å². The molecule has 24 heavy (non-hydrogen) atoms. The summed E-state index contributed by atoms with van der Waals surface area (Å²) in [6.45, 7) is 5.72. The average molecular weight is 333 g/mol. The number of anilines is 1. The number of hydrogen-bond acceptors (Lipinski definition) is 7. The van der Waals surface area contributed by atoms with Crippen LogP contribution in [0.25, 0.3) is 0 Å². The van der Waals surface area contributed by atoms with Gasteiger partial charge in [-0.1, -0.05) is 5.10 Å². The maximum atomic E-state index is 5.85. The van der Waals surface area contributed by atoms with Crippen LogP contribution in [0, 0.1) is 5.92 Å². The fourth-order valence-corrected chi connectivity index (χ4v) is 3.58. The van der Waals surface area contributed by atoms with Crippen molar-refractivity contribution in [3.8, 4) is 0 Å². The minimum atomic E-state index is -0.488. The summed E-state index contributed by atoms with van der Waals surface area (Å²) in [5, 5.41) is 16.6. The van der Waals surface area contributed by atoms with Gasteiger partial charge in [0.05, 0.1) is 25.5 Å². The molecule has 130 valence electrons. The molecule has 0 bridgehead atoms. The molecule has 1 atom stereocenters. The van der Waals surface area contributed by atoms with Gasteiger partial charge < -0.3 is 14.4 Å². The quantitative estimate of drug-likeness (QED) is 0.802. The smallest absolute Gasteiger partial charge is 0.245 e. The molecule has 4 heterocycles. The summed E-state index contributed by atoms with van der Waals surface area (Å²) in [5.74, 6) is 0.610. The minimum absolute atomic E-state index is 0.314. The van der Waals surface area contributed by atoms with E-state index in [0.29, 0.717) is 25.7 Å². The molecule has 9 heteroatoms. The molecule has 1 unspecified atom stereocenters. The van der Waals surface area contributed by atoms with E-state index in [1.165, 1.54) is 0 Å². The van der Waals surface area contributed by atoms with Crippen molar-refractivity contribution in [3.63, 3.8) is 0 Å². The van der Waals surface area contributed by atoms with Gasteiger partial charge in [-0.3, -0.25) is 4.68 Å². The van der Waals surface area contributed by atoms with Crippen LogP contribution in [0.4, 0.5) is 5.95 Å². The van der Waals surface area contributed by atoms with E-state index < -0.39 is 5.79 Å². The van der Waals surface area contributed by atoms with Crippen molar-refractivity contribution in [3.05, 3.63) is 18.0 Å². The third kappa shape index (κ3) is 2.89. The molecule has 2 saturated heterocycles. The van der Waals surface area contributed by atoms with Gasteiger partial charge in [0.15, 0.2) is 5.79 Å².